The zero-order valence-corrected chi connectivity index (χ0v) is 11.8. The summed E-state index contributed by atoms with van der Waals surface area (Å²) in [6, 6.07) is 3.73. The lowest BCUT2D eigenvalue weighted by Gasteiger charge is -2.18. The maximum atomic E-state index is 12.0. The lowest BCUT2D eigenvalue weighted by Crippen LogP contribution is -2.36. The average Bonchev–Trinajstić information content (AvgIpc) is 2.38. The van der Waals surface area contributed by atoms with Gasteiger partial charge in [-0.25, -0.2) is 0 Å². The Balaban J connectivity index is 2.48. The Morgan fingerprint density at radius 3 is 2.55 bits per heavy atom. The molecule has 6 heteroatoms. The molecule has 1 aromatic rings. The smallest absolute Gasteiger partial charge is 0.370 e. The van der Waals surface area contributed by atoms with Crippen molar-refractivity contribution < 1.29 is 17.9 Å². The van der Waals surface area contributed by atoms with Crippen LogP contribution < -0.4 is 5.32 Å². The Kier molecular flexibility index (Phi) is 6.95. The Morgan fingerprint density at radius 2 is 2.05 bits per heavy atom. The molecule has 1 atom stereocenters. The maximum Gasteiger partial charge on any atom is 0.411 e. The van der Waals surface area contributed by atoms with E-state index in [0.717, 1.165) is 17.7 Å². The standard InChI is InChI=1S/C14H21F3N2O/c1-3-11-5-6-12(19-8-11)7-13(18-4-2)9-20-10-14(15,16)17/h5-6,8,13,18H,3-4,7,9-10H2,1-2H3. The van der Waals surface area contributed by atoms with Crippen molar-refractivity contribution in [2.24, 2.45) is 0 Å². The van der Waals surface area contributed by atoms with Gasteiger partial charge < -0.3 is 10.1 Å². The molecule has 0 radical (unpaired) electrons. The minimum absolute atomic E-state index is 0.0184. The third-order valence-electron chi connectivity index (χ3n) is 2.83. The molecule has 0 aromatic carbocycles. The lowest BCUT2D eigenvalue weighted by molar-refractivity contribution is -0.175. The lowest BCUT2D eigenvalue weighted by atomic mass is 10.1. The number of likely N-dealkylation sites (N-methyl/N-ethyl adjacent to an activating group) is 1. The Morgan fingerprint density at radius 1 is 1.30 bits per heavy atom. The van der Waals surface area contributed by atoms with E-state index in [2.05, 4.69) is 10.3 Å². The first-order chi connectivity index (χ1) is 9.44. The summed E-state index contributed by atoms with van der Waals surface area (Å²) < 4.78 is 40.8. The molecule has 0 amide bonds. The highest BCUT2D eigenvalue weighted by atomic mass is 19.4. The third-order valence-corrected chi connectivity index (χ3v) is 2.83. The van der Waals surface area contributed by atoms with Gasteiger partial charge in [0.05, 0.1) is 6.61 Å². The fourth-order valence-corrected chi connectivity index (χ4v) is 1.83. The predicted molar refractivity (Wildman–Crippen MR) is 71.7 cm³/mol. The Bertz CT molecular complexity index is 379. The number of hydrogen-bond acceptors (Lipinski definition) is 3. The van der Waals surface area contributed by atoms with Crippen molar-refractivity contribution in [1.29, 1.82) is 0 Å². The first-order valence-electron chi connectivity index (χ1n) is 6.76. The molecule has 0 aliphatic rings. The molecule has 1 N–H and O–H groups in total. The van der Waals surface area contributed by atoms with Crippen LogP contribution >= 0.6 is 0 Å². The number of nitrogens with one attached hydrogen (secondary N) is 1. The second-order valence-corrected chi connectivity index (χ2v) is 4.60. The van der Waals surface area contributed by atoms with Crippen molar-refractivity contribution in [3.8, 4) is 0 Å². The van der Waals surface area contributed by atoms with Crippen molar-refractivity contribution >= 4 is 0 Å². The average molecular weight is 290 g/mol. The molecule has 0 saturated carbocycles. The van der Waals surface area contributed by atoms with Crippen LogP contribution in [-0.2, 0) is 17.6 Å². The molecule has 20 heavy (non-hydrogen) atoms. The molecule has 0 aliphatic carbocycles. The quantitative estimate of drug-likeness (QED) is 0.799. The molecule has 1 heterocycles. The van der Waals surface area contributed by atoms with E-state index in [-0.39, 0.29) is 12.6 Å². The first kappa shape index (κ1) is 16.9. The topological polar surface area (TPSA) is 34.1 Å². The summed E-state index contributed by atoms with van der Waals surface area (Å²) in [6.07, 6.45) is -1.01. The fraction of sp³-hybridized carbons (Fsp3) is 0.643. The van der Waals surface area contributed by atoms with E-state index in [1.807, 2.05) is 26.0 Å². The second-order valence-electron chi connectivity index (χ2n) is 4.60. The third kappa shape index (κ3) is 6.86. The van der Waals surface area contributed by atoms with Crippen molar-refractivity contribution in [2.75, 3.05) is 19.8 Å². The summed E-state index contributed by atoms with van der Waals surface area (Å²) >= 11 is 0. The molecule has 1 unspecified atom stereocenters. The van der Waals surface area contributed by atoms with E-state index in [1.54, 1.807) is 6.20 Å². The Labute approximate surface area is 117 Å². The summed E-state index contributed by atoms with van der Waals surface area (Å²) in [4.78, 5) is 4.31. The monoisotopic (exact) mass is 290 g/mol. The normalized spacial score (nSPS) is 13.4. The van der Waals surface area contributed by atoms with Crippen LogP contribution in [0.4, 0.5) is 13.2 Å². The SMILES string of the molecule is CCNC(COCC(F)(F)F)Cc1ccc(CC)cn1. The zero-order chi connectivity index (χ0) is 15.0. The maximum absolute atomic E-state index is 12.0. The van der Waals surface area contributed by atoms with Crippen LogP contribution in [0.3, 0.4) is 0 Å². The molecule has 0 aliphatic heterocycles. The predicted octanol–water partition coefficient (Wildman–Crippen LogP) is 2.74. The van der Waals surface area contributed by atoms with E-state index in [1.165, 1.54) is 0 Å². The summed E-state index contributed by atoms with van der Waals surface area (Å²) in [5, 5.41) is 3.11. The molecule has 0 bridgehead atoms. The van der Waals surface area contributed by atoms with E-state index >= 15 is 0 Å². The van der Waals surface area contributed by atoms with Crippen LogP contribution in [0, 0.1) is 0 Å². The molecule has 114 valence electrons. The van der Waals surface area contributed by atoms with Crippen molar-refractivity contribution in [1.82, 2.24) is 10.3 Å². The van der Waals surface area contributed by atoms with Crippen molar-refractivity contribution in [3.05, 3.63) is 29.6 Å². The van der Waals surface area contributed by atoms with Crippen LogP contribution in [0.1, 0.15) is 25.1 Å². The minimum Gasteiger partial charge on any atom is -0.370 e. The van der Waals surface area contributed by atoms with Crippen LogP contribution in [0.15, 0.2) is 18.3 Å². The number of hydrogen-bond donors (Lipinski definition) is 1. The molecule has 1 aromatic heterocycles. The molecule has 0 saturated heterocycles. The molecular weight excluding hydrogens is 269 g/mol. The van der Waals surface area contributed by atoms with Gasteiger partial charge in [0.15, 0.2) is 0 Å². The Hall–Kier alpha value is -1.14. The highest BCUT2D eigenvalue weighted by Crippen LogP contribution is 2.14. The van der Waals surface area contributed by atoms with Gasteiger partial charge in [-0.3, -0.25) is 4.98 Å². The van der Waals surface area contributed by atoms with Gasteiger partial charge in [0.25, 0.3) is 0 Å². The second kappa shape index (κ2) is 8.21. The number of ether oxygens (including phenoxy) is 1. The number of aryl methyl sites for hydroxylation is 1. The van der Waals surface area contributed by atoms with Gasteiger partial charge in [-0.2, -0.15) is 13.2 Å². The molecule has 1 rings (SSSR count). The van der Waals surface area contributed by atoms with Gasteiger partial charge in [0.2, 0.25) is 0 Å². The van der Waals surface area contributed by atoms with Crippen LogP contribution in [0.25, 0.3) is 0 Å². The van der Waals surface area contributed by atoms with Crippen LogP contribution in [-0.4, -0.2) is 37.0 Å². The van der Waals surface area contributed by atoms with Gasteiger partial charge in [-0.15, -0.1) is 0 Å². The van der Waals surface area contributed by atoms with Crippen molar-refractivity contribution in [3.63, 3.8) is 0 Å². The number of nitrogens with zero attached hydrogens (tertiary/aromatic N) is 1. The van der Waals surface area contributed by atoms with Crippen LogP contribution in [0.5, 0.6) is 0 Å². The number of pyridine rings is 1. The summed E-state index contributed by atoms with van der Waals surface area (Å²) in [7, 11) is 0. The van der Waals surface area contributed by atoms with Gasteiger partial charge in [-0.1, -0.05) is 19.9 Å². The summed E-state index contributed by atoms with van der Waals surface area (Å²) in [5.74, 6) is 0. The largest absolute Gasteiger partial charge is 0.411 e. The van der Waals surface area contributed by atoms with Gasteiger partial charge in [0, 0.05) is 24.4 Å². The number of halogens is 3. The van der Waals surface area contributed by atoms with E-state index in [9.17, 15) is 13.2 Å². The summed E-state index contributed by atoms with van der Waals surface area (Å²) in [5.41, 5.74) is 1.99. The highest BCUT2D eigenvalue weighted by Gasteiger charge is 2.27. The molecule has 3 nitrogen and oxygen atoms in total. The van der Waals surface area contributed by atoms with Gasteiger partial charge in [-0.05, 0) is 24.6 Å². The summed E-state index contributed by atoms with van der Waals surface area (Å²) in [6.45, 7) is 3.43. The van der Waals surface area contributed by atoms with E-state index in [4.69, 9.17) is 4.74 Å². The van der Waals surface area contributed by atoms with E-state index < -0.39 is 12.8 Å². The van der Waals surface area contributed by atoms with Gasteiger partial charge >= 0.3 is 6.18 Å². The van der Waals surface area contributed by atoms with Crippen LogP contribution in [0.2, 0.25) is 0 Å². The zero-order valence-electron chi connectivity index (χ0n) is 11.8. The fourth-order valence-electron chi connectivity index (χ4n) is 1.83. The number of rotatable bonds is 8. The highest BCUT2D eigenvalue weighted by molar-refractivity contribution is 5.14. The number of alkyl halides is 3. The minimum atomic E-state index is -4.28. The molecule has 0 spiro atoms. The number of aromatic nitrogens is 1. The van der Waals surface area contributed by atoms with Crippen molar-refractivity contribution in [2.45, 2.75) is 38.9 Å². The molecule has 0 fully saturated rings. The first-order valence-corrected chi connectivity index (χ1v) is 6.76. The molecular formula is C14H21F3N2O. The van der Waals surface area contributed by atoms with Gasteiger partial charge in [0.1, 0.15) is 6.61 Å². The van der Waals surface area contributed by atoms with E-state index in [0.29, 0.717) is 13.0 Å².